The van der Waals surface area contributed by atoms with E-state index < -0.39 is 0 Å². The van der Waals surface area contributed by atoms with Gasteiger partial charge in [0.25, 0.3) is 5.91 Å². The molecule has 5 nitrogen and oxygen atoms in total. The van der Waals surface area contributed by atoms with Crippen molar-refractivity contribution in [3.63, 3.8) is 0 Å². The zero-order valence-corrected chi connectivity index (χ0v) is 11.9. The van der Waals surface area contributed by atoms with Gasteiger partial charge in [-0.1, -0.05) is 6.07 Å². The Morgan fingerprint density at radius 3 is 2.65 bits per heavy atom. The lowest BCUT2D eigenvalue weighted by Crippen LogP contribution is -2.46. The zero-order chi connectivity index (χ0) is 13.5. The van der Waals surface area contributed by atoms with Crippen molar-refractivity contribution in [2.45, 2.75) is 43.8 Å². The number of rotatable bonds is 2. The van der Waals surface area contributed by atoms with Gasteiger partial charge in [0.1, 0.15) is 12.7 Å². The van der Waals surface area contributed by atoms with Crippen LogP contribution in [0.5, 0.6) is 0 Å². The number of nitrogens with zero attached hydrogens (tertiary/aromatic N) is 4. The topological polar surface area (TPSA) is 51.0 Å². The second-order valence-corrected chi connectivity index (χ2v) is 6.52. The second kappa shape index (κ2) is 4.70. The number of carbonyl (C=O) groups is 1. The quantitative estimate of drug-likeness (QED) is 0.852. The number of aromatic nitrogens is 3. The summed E-state index contributed by atoms with van der Waals surface area (Å²) in [4.78, 5) is 19.6. The van der Waals surface area contributed by atoms with Gasteiger partial charge in [0, 0.05) is 12.1 Å². The van der Waals surface area contributed by atoms with Gasteiger partial charge >= 0.3 is 0 Å². The zero-order valence-electron chi connectivity index (χ0n) is 11.1. The van der Waals surface area contributed by atoms with Crippen molar-refractivity contribution in [1.82, 2.24) is 19.7 Å². The van der Waals surface area contributed by atoms with Crippen LogP contribution in [0.15, 0.2) is 30.2 Å². The van der Waals surface area contributed by atoms with Crippen molar-refractivity contribution in [3.05, 3.63) is 35.0 Å². The molecule has 1 amide bonds. The van der Waals surface area contributed by atoms with Crippen molar-refractivity contribution in [3.8, 4) is 0 Å². The van der Waals surface area contributed by atoms with Crippen molar-refractivity contribution in [2.24, 2.45) is 0 Å². The summed E-state index contributed by atoms with van der Waals surface area (Å²) >= 11 is 1.54. The minimum absolute atomic E-state index is 0.213. The van der Waals surface area contributed by atoms with Crippen LogP contribution in [0.25, 0.3) is 0 Å². The standard InChI is InChI=1S/C14H16N4OS/c19-14(13-2-1-5-20-13)18-10-3-4-11(18)7-12(6-10)17-9-15-8-16-17/h1-2,5,8-12H,3-4,6-7H2. The van der Waals surface area contributed by atoms with Crippen molar-refractivity contribution in [1.29, 1.82) is 0 Å². The summed E-state index contributed by atoms with van der Waals surface area (Å²) < 4.78 is 1.96. The molecule has 104 valence electrons. The van der Waals surface area contributed by atoms with Crippen LogP contribution in [0.3, 0.4) is 0 Å². The summed E-state index contributed by atoms with van der Waals surface area (Å²) in [5, 5.41) is 6.23. The highest BCUT2D eigenvalue weighted by molar-refractivity contribution is 7.12. The maximum atomic E-state index is 12.6. The molecule has 2 fully saturated rings. The first kappa shape index (κ1) is 12.1. The Hall–Kier alpha value is -1.69. The minimum Gasteiger partial charge on any atom is -0.332 e. The van der Waals surface area contributed by atoms with Crippen LogP contribution in [0, 0.1) is 0 Å². The van der Waals surface area contributed by atoms with Gasteiger partial charge in [0.2, 0.25) is 0 Å². The summed E-state index contributed by atoms with van der Waals surface area (Å²) in [7, 11) is 0. The van der Waals surface area contributed by atoms with Gasteiger partial charge in [-0.15, -0.1) is 11.3 Å². The van der Waals surface area contributed by atoms with E-state index in [1.165, 1.54) is 11.3 Å². The van der Waals surface area contributed by atoms with Crippen LogP contribution in [0.2, 0.25) is 0 Å². The van der Waals surface area contributed by atoms with E-state index in [4.69, 9.17) is 0 Å². The molecule has 2 aromatic rings. The number of fused-ring (bicyclic) bond motifs is 2. The van der Waals surface area contributed by atoms with Gasteiger partial charge in [0.15, 0.2) is 0 Å². The van der Waals surface area contributed by atoms with E-state index in [-0.39, 0.29) is 5.91 Å². The molecule has 0 aliphatic carbocycles. The predicted molar refractivity (Wildman–Crippen MR) is 75.6 cm³/mol. The van der Waals surface area contributed by atoms with Crippen LogP contribution < -0.4 is 0 Å². The molecule has 4 rings (SSSR count). The minimum atomic E-state index is 0.213. The number of hydrogen-bond acceptors (Lipinski definition) is 4. The van der Waals surface area contributed by atoms with E-state index in [1.54, 1.807) is 12.7 Å². The van der Waals surface area contributed by atoms with Gasteiger partial charge in [0.05, 0.1) is 10.9 Å². The molecule has 0 radical (unpaired) electrons. The average Bonchev–Trinajstić information content (AvgIpc) is 3.18. The molecule has 0 saturated carbocycles. The first-order chi connectivity index (χ1) is 9.83. The lowest BCUT2D eigenvalue weighted by molar-refractivity contribution is 0.0529. The lowest BCUT2D eigenvalue weighted by atomic mass is 9.97. The number of piperidine rings is 1. The van der Waals surface area contributed by atoms with E-state index >= 15 is 0 Å². The molecule has 2 bridgehead atoms. The van der Waals surface area contributed by atoms with Crippen LogP contribution in [0.4, 0.5) is 0 Å². The Bertz CT molecular complexity index is 581. The third-order valence-corrected chi connectivity index (χ3v) is 5.34. The molecular formula is C14H16N4OS. The second-order valence-electron chi connectivity index (χ2n) is 5.58. The molecule has 2 saturated heterocycles. The fourth-order valence-electron chi connectivity index (χ4n) is 3.63. The molecule has 0 aromatic carbocycles. The Morgan fingerprint density at radius 1 is 1.25 bits per heavy atom. The normalized spacial score (nSPS) is 28.8. The van der Waals surface area contributed by atoms with Gasteiger partial charge in [-0.05, 0) is 37.1 Å². The maximum Gasteiger partial charge on any atom is 0.264 e. The van der Waals surface area contributed by atoms with E-state index in [9.17, 15) is 4.79 Å². The summed E-state index contributed by atoms with van der Waals surface area (Å²) in [6.45, 7) is 0. The summed E-state index contributed by atoms with van der Waals surface area (Å²) in [6, 6.07) is 4.98. The summed E-state index contributed by atoms with van der Waals surface area (Å²) in [5.41, 5.74) is 0. The van der Waals surface area contributed by atoms with E-state index in [2.05, 4.69) is 15.0 Å². The molecule has 0 N–H and O–H groups in total. The van der Waals surface area contributed by atoms with E-state index in [0.29, 0.717) is 18.1 Å². The molecular weight excluding hydrogens is 272 g/mol. The number of carbonyl (C=O) groups excluding carboxylic acids is 1. The Labute approximate surface area is 121 Å². The highest BCUT2D eigenvalue weighted by atomic mass is 32.1. The first-order valence-corrected chi connectivity index (χ1v) is 7.91. The molecule has 2 aliphatic heterocycles. The molecule has 0 spiro atoms. The Morgan fingerprint density at radius 2 is 2.05 bits per heavy atom. The van der Waals surface area contributed by atoms with Gasteiger partial charge in [-0.25, -0.2) is 9.67 Å². The van der Waals surface area contributed by atoms with Crippen LogP contribution in [-0.4, -0.2) is 37.7 Å². The summed E-state index contributed by atoms with van der Waals surface area (Å²) in [5.74, 6) is 0.213. The highest BCUT2D eigenvalue weighted by Crippen LogP contribution is 2.41. The SMILES string of the molecule is O=C(c1cccs1)N1C2CCC1CC(n1cncn1)C2. The van der Waals surface area contributed by atoms with Gasteiger partial charge in [-0.2, -0.15) is 5.10 Å². The highest BCUT2D eigenvalue weighted by Gasteiger charge is 2.44. The van der Waals surface area contributed by atoms with Gasteiger partial charge < -0.3 is 4.90 Å². The predicted octanol–water partition coefficient (Wildman–Crippen LogP) is 2.35. The van der Waals surface area contributed by atoms with Crippen LogP contribution in [-0.2, 0) is 0 Å². The molecule has 20 heavy (non-hydrogen) atoms. The Balaban J connectivity index is 1.56. The molecule has 2 atom stereocenters. The lowest BCUT2D eigenvalue weighted by Gasteiger charge is -2.38. The molecule has 6 heteroatoms. The average molecular weight is 288 g/mol. The number of thiophene rings is 1. The summed E-state index contributed by atoms with van der Waals surface area (Å²) in [6.07, 6.45) is 7.61. The molecule has 4 heterocycles. The van der Waals surface area contributed by atoms with Crippen molar-refractivity contribution >= 4 is 17.2 Å². The number of amides is 1. The third kappa shape index (κ3) is 1.86. The first-order valence-electron chi connectivity index (χ1n) is 7.03. The maximum absolute atomic E-state index is 12.6. The van der Waals surface area contributed by atoms with Gasteiger partial charge in [-0.3, -0.25) is 4.79 Å². The number of hydrogen-bond donors (Lipinski definition) is 0. The molecule has 2 aromatic heterocycles. The van der Waals surface area contributed by atoms with E-state index in [0.717, 1.165) is 30.6 Å². The Kier molecular flexibility index (Phi) is 2.84. The van der Waals surface area contributed by atoms with Crippen molar-refractivity contribution in [2.75, 3.05) is 0 Å². The monoisotopic (exact) mass is 288 g/mol. The smallest absolute Gasteiger partial charge is 0.264 e. The van der Waals surface area contributed by atoms with Crippen LogP contribution in [0.1, 0.15) is 41.4 Å². The third-order valence-electron chi connectivity index (χ3n) is 4.49. The fourth-order valence-corrected chi connectivity index (χ4v) is 4.30. The van der Waals surface area contributed by atoms with Crippen molar-refractivity contribution < 1.29 is 4.79 Å². The van der Waals surface area contributed by atoms with Crippen LogP contribution >= 0.6 is 11.3 Å². The van der Waals surface area contributed by atoms with E-state index in [1.807, 2.05) is 22.2 Å². The largest absolute Gasteiger partial charge is 0.332 e. The fraction of sp³-hybridized carbons (Fsp3) is 0.500. The molecule has 2 aliphatic rings. The molecule has 2 unspecified atom stereocenters.